The standard InChI is InChI=1S/C21H32N6O3/c1-2-23-21(25-16-8-12-26(13-9-16)14-19(22)28)24-10-5-11-27-17-6-3-4-7-18(17)30-15-20(27)29/h3-4,6-7,16H,2,5,8-15H2,1H3,(H2,22,28)(H2,23,24,25). The number of hydrogen-bond donors (Lipinski definition) is 3. The largest absolute Gasteiger partial charge is 0.482 e. The number of anilines is 1. The Morgan fingerprint density at radius 2 is 2.07 bits per heavy atom. The topological polar surface area (TPSA) is 112 Å². The second kappa shape index (κ2) is 10.8. The van der Waals surface area contributed by atoms with Crippen molar-refractivity contribution >= 4 is 23.5 Å². The van der Waals surface area contributed by atoms with Gasteiger partial charge < -0.3 is 26.0 Å². The molecule has 9 nitrogen and oxygen atoms in total. The Balaban J connectivity index is 1.47. The number of carbonyl (C=O) groups excluding carboxylic acids is 2. The molecule has 0 saturated carbocycles. The number of primary amides is 1. The van der Waals surface area contributed by atoms with E-state index < -0.39 is 0 Å². The SMILES string of the molecule is CCNC(=NCCCN1C(=O)COc2ccccc21)NC1CCN(CC(N)=O)CC1. The number of nitrogens with one attached hydrogen (secondary N) is 2. The van der Waals surface area contributed by atoms with Gasteiger partial charge in [-0.05, 0) is 38.3 Å². The highest BCUT2D eigenvalue weighted by Gasteiger charge is 2.24. The molecule has 9 heteroatoms. The number of piperidine rings is 1. The summed E-state index contributed by atoms with van der Waals surface area (Å²) in [7, 11) is 0. The number of likely N-dealkylation sites (tertiary alicyclic amines) is 1. The van der Waals surface area contributed by atoms with E-state index >= 15 is 0 Å². The van der Waals surface area contributed by atoms with E-state index in [4.69, 9.17) is 10.5 Å². The third kappa shape index (κ3) is 6.09. The zero-order valence-corrected chi connectivity index (χ0v) is 17.6. The van der Waals surface area contributed by atoms with Gasteiger partial charge in [-0.3, -0.25) is 19.5 Å². The summed E-state index contributed by atoms with van der Waals surface area (Å²) in [4.78, 5) is 31.9. The second-order valence-corrected chi connectivity index (χ2v) is 7.58. The number of guanidine groups is 1. The molecule has 4 N–H and O–H groups in total. The molecule has 0 aliphatic carbocycles. The van der Waals surface area contributed by atoms with E-state index in [0.29, 0.717) is 25.7 Å². The summed E-state index contributed by atoms with van der Waals surface area (Å²) in [5.74, 6) is 1.24. The summed E-state index contributed by atoms with van der Waals surface area (Å²) in [5.41, 5.74) is 6.10. The molecule has 1 fully saturated rings. The molecule has 1 aromatic carbocycles. The van der Waals surface area contributed by atoms with Gasteiger partial charge in [-0.2, -0.15) is 0 Å². The van der Waals surface area contributed by atoms with Crippen LogP contribution in [0.1, 0.15) is 26.2 Å². The van der Waals surface area contributed by atoms with Gasteiger partial charge in [-0.15, -0.1) is 0 Å². The van der Waals surface area contributed by atoms with Crippen LogP contribution in [0.25, 0.3) is 0 Å². The molecule has 2 amide bonds. The van der Waals surface area contributed by atoms with E-state index in [1.807, 2.05) is 31.2 Å². The van der Waals surface area contributed by atoms with Crippen LogP contribution in [0.3, 0.4) is 0 Å². The lowest BCUT2D eigenvalue weighted by molar-refractivity contribution is -0.121. The van der Waals surface area contributed by atoms with Gasteiger partial charge in [-0.25, -0.2) is 0 Å². The molecular formula is C21H32N6O3. The number of hydrogen-bond acceptors (Lipinski definition) is 5. The van der Waals surface area contributed by atoms with Gasteiger partial charge in [0.25, 0.3) is 5.91 Å². The average molecular weight is 417 g/mol. The smallest absolute Gasteiger partial charge is 0.265 e. The first-order chi connectivity index (χ1) is 14.6. The Kier molecular flexibility index (Phi) is 7.89. The summed E-state index contributed by atoms with van der Waals surface area (Å²) in [5, 5.41) is 6.78. The van der Waals surface area contributed by atoms with Gasteiger partial charge in [-0.1, -0.05) is 12.1 Å². The van der Waals surface area contributed by atoms with Crippen molar-refractivity contribution in [3.8, 4) is 5.75 Å². The third-order valence-corrected chi connectivity index (χ3v) is 5.27. The number of amides is 2. The Morgan fingerprint density at radius 1 is 1.30 bits per heavy atom. The maximum atomic E-state index is 12.3. The van der Waals surface area contributed by atoms with Crippen LogP contribution in [0, 0.1) is 0 Å². The molecule has 3 rings (SSSR count). The maximum absolute atomic E-state index is 12.3. The summed E-state index contributed by atoms with van der Waals surface area (Å²) >= 11 is 0. The minimum atomic E-state index is -0.280. The molecule has 2 aliphatic rings. The van der Waals surface area contributed by atoms with E-state index in [9.17, 15) is 9.59 Å². The molecule has 164 valence electrons. The lowest BCUT2D eigenvalue weighted by Gasteiger charge is -2.32. The summed E-state index contributed by atoms with van der Waals surface area (Å²) in [6, 6.07) is 7.93. The van der Waals surface area contributed by atoms with Crippen molar-refractivity contribution in [1.82, 2.24) is 15.5 Å². The molecule has 0 atom stereocenters. The first kappa shape index (κ1) is 21.9. The number of nitrogens with zero attached hydrogens (tertiary/aromatic N) is 3. The summed E-state index contributed by atoms with van der Waals surface area (Å²) in [6.07, 6.45) is 2.64. The zero-order chi connectivity index (χ0) is 21.3. The van der Waals surface area contributed by atoms with Crippen molar-refractivity contribution in [2.75, 3.05) is 50.8 Å². The predicted molar refractivity (Wildman–Crippen MR) is 117 cm³/mol. The first-order valence-corrected chi connectivity index (χ1v) is 10.6. The summed E-state index contributed by atoms with van der Waals surface area (Å²) in [6.45, 7) is 6.13. The minimum Gasteiger partial charge on any atom is -0.482 e. The number of aliphatic imine (C=N–C) groups is 1. The third-order valence-electron chi connectivity index (χ3n) is 5.27. The van der Waals surface area contributed by atoms with Gasteiger partial charge >= 0.3 is 0 Å². The molecule has 0 radical (unpaired) electrons. The molecule has 0 bridgehead atoms. The van der Waals surface area contributed by atoms with Crippen LogP contribution in [0.15, 0.2) is 29.3 Å². The van der Waals surface area contributed by atoms with Gasteiger partial charge in [0.1, 0.15) is 5.75 Å². The minimum absolute atomic E-state index is 0.0227. The summed E-state index contributed by atoms with van der Waals surface area (Å²) < 4.78 is 5.49. The van der Waals surface area contributed by atoms with Crippen LogP contribution in [-0.2, 0) is 9.59 Å². The van der Waals surface area contributed by atoms with Crippen molar-refractivity contribution in [2.24, 2.45) is 10.7 Å². The molecule has 2 aliphatic heterocycles. The fourth-order valence-corrected chi connectivity index (χ4v) is 3.79. The molecule has 30 heavy (non-hydrogen) atoms. The van der Waals surface area contributed by atoms with Crippen LogP contribution in [0.5, 0.6) is 5.75 Å². The number of benzene rings is 1. The van der Waals surface area contributed by atoms with E-state index in [0.717, 1.165) is 56.3 Å². The number of para-hydroxylation sites is 2. The Morgan fingerprint density at radius 3 is 2.80 bits per heavy atom. The number of fused-ring (bicyclic) bond motifs is 1. The van der Waals surface area contributed by atoms with Gasteiger partial charge in [0.05, 0.1) is 12.2 Å². The zero-order valence-electron chi connectivity index (χ0n) is 17.6. The molecule has 0 aromatic heterocycles. The van der Waals surface area contributed by atoms with Crippen molar-refractivity contribution in [1.29, 1.82) is 0 Å². The van der Waals surface area contributed by atoms with Gasteiger partial charge in [0.15, 0.2) is 12.6 Å². The fourth-order valence-electron chi connectivity index (χ4n) is 3.79. The van der Waals surface area contributed by atoms with Crippen molar-refractivity contribution in [2.45, 2.75) is 32.2 Å². The maximum Gasteiger partial charge on any atom is 0.265 e. The van der Waals surface area contributed by atoms with Crippen molar-refractivity contribution < 1.29 is 14.3 Å². The van der Waals surface area contributed by atoms with E-state index in [2.05, 4.69) is 20.5 Å². The molecule has 1 saturated heterocycles. The Labute approximate surface area is 177 Å². The van der Waals surface area contributed by atoms with Gasteiger partial charge in [0, 0.05) is 38.8 Å². The van der Waals surface area contributed by atoms with Crippen LogP contribution in [-0.4, -0.2) is 74.6 Å². The van der Waals surface area contributed by atoms with Crippen LogP contribution >= 0.6 is 0 Å². The highest BCUT2D eigenvalue weighted by Crippen LogP contribution is 2.31. The normalized spacial score (nSPS) is 18.0. The molecule has 2 heterocycles. The molecule has 0 unspecified atom stereocenters. The van der Waals surface area contributed by atoms with Crippen molar-refractivity contribution in [3.63, 3.8) is 0 Å². The second-order valence-electron chi connectivity index (χ2n) is 7.58. The first-order valence-electron chi connectivity index (χ1n) is 10.6. The number of nitrogens with two attached hydrogens (primary N) is 1. The number of ether oxygens (including phenoxy) is 1. The fraction of sp³-hybridized carbons (Fsp3) is 0.571. The van der Waals surface area contributed by atoms with Crippen LogP contribution in [0.2, 0.25) is 0 Å². The van der Waals surface area contributed by atoms with E-state index in [1.165, 1.54) is 0 Å². The van der Waals surface area contributed by atoms with Crippen LogP contribution in [0.4, 0.5) is 5.69 Å². The number of rotatable bonds is 8. The molecule has 1 aromatic rings. The quantitative estimate of drug-likeness (QED) is 0.319. The Hall–Kier alpha value is -2.81. The van der Waals surface area contributed by atoms with E-state index in [1.54, 1.807) is 4.90 Å². The van der Waals surface area contributed by atoms with Crippen LogP contribution < -0.4 is 26.0 Å². The molecular weight excluding hydrogens is 384 g/mol. The number of carbonyl (C=O) groups is 2. The average Bonchev–Trinajstić information content (AvgIpc) is 2.73. The monoisotopic (exact) mass is 416 g/mol. The predicted octanol–water partition coefficient (Wildman–Crippen LogP) is 0.307. The van der Waals surface area contributed by atoms with Gasteiger partial charge in [0.2, 0.25) is 5.91 Å². The van der Waals surface area contributed by atoms with Crippen molar-refractivity contribution in [3.05, 3.63) is 24.3 Å². The lowest BCUT2D eigenvalue weighted by atomic mass is 10.1. The lowest BCUT2D eigenvalue weighted by Crippen LogP contribution is -2.49. The highest BCUT2D eigenvalue weighted by atomic mass is 16.5. The highest BCUT2D eigenvalue weighted by molar-refractivity contribution is 5.97. The Bertz CT molecular complexity index is 761. The van der Waals surface area contributed by atoms with E-state index in [-0.39, 0.29) is 18.4 Å². The molecule has 0 spiro atoms.